The highest BCUT2D eigenvalue weighted by Gasteiger charge is 2.17. The number of carbonyl (C=O) groups excluding carboxylic acids is 1. The van der Waals surface area contributed by atoms with Gasteiger partial charge in [-0.15, -0.1) is 0 Å². The summed E-state index contributed by atoms with van der Waals surface area (Å²) in [4.78, 5) is 24.0. The van der Waals surface area contributed by atoms with E-state index in [0.717, 1.165) is 16.4 Å². The molecule has 1 aromatic carbocycles. The molecule has 0 aliphatic heterocycles. The van der Waals surface area contributed by atoms with Crippen molar-refractivity contribution >= 4 is 29.1 Å². The van der Waals surface area contributed by atoms with Gasteiger partial charge in [-0.05, 0) is 5.56 Å². The maximum Gasteiger partial charge on any atom is 0.287 e. The largest absolute Gasteiger partial charge is 0.509 e. The van der Waals surface area contributed by atoms with Crippen molar-refractivity contribution in [2.45, 2.75) is 13.1 Å². The Labute approximate surface area is 152 Å². The van der Waals surface area contributed by atoms with Crippen LogP contribution in [0.1, 0.15) is 5.56 Å². The third kappa shape index (κ3) is 4.59. The van der Waals surface area contributed by atoms with Gasteiger partial charge in [-0.3, -0.25) is 9.59 Å². The Morgan fingerprint density at radius 2 is 2.00 bits per heavy atom. The predicted molar refractivity (Wildman–Crippen MR) is 92.1 cm³/mol. The van der Waals surface area contributed by atoms with Gasteiger partial charge in [0.15, 0.2) is 5.57 Å². The predicted octanol–water partition coefficient (Wildman–Crippen LogP) is 2.20. The van der Waals surface area contributed by atoms with Crippen molar-refractivity contribution in [2.75, 3.05) is 0 Å². The highest BCUT2D eigenvalue weighted by Crippen LogP contribution is 2.15. The van der Waals surface area contributed by atoms with Gasteiger partial charge in [0.1, 0.15) is 23.4 Å². The van der Waals surface area contributed by atoms with E-state index in [4.69, 9.17) is 28.5 Å². The summed E-state index contributed by atoms with van der Waals surface area (Å²) in [6.07, 6.45) is 1.13. The summed E-state index contributed by atoms with van der Waals surface area (Å²) >= 11 is 11.4. The standard InChI is InChI=1S/C16H12Cl2N4O3/c17-12-8-21-22(16(25)14(12)18)9-13(23)11(6-19)15(24)20-7-10-4-2-1-3-5-10/h1-5,8,23H,7,9H2,(H,20,24)/b13-11-. The third-order valence-electron chi connectivity index (χ3n) is 3.17. The molecule has 128 valence electrons. The van der Waals surface area contributed by atoms with E-state index in [9.17, 15) is 14.7 Å². The maximum atomic E-state index is 12.1. The van der Waals surface area contributed by atoms with Crippen LogP contribution in [-0.2, 0) is 17.9 Å². The second kappa shape index (κ2) is 8.33. The molecule has 0 atom stereocenters. The molecule has 0 spiro atoms. The molecule has 1 amide bonds. The lowest BCUT2D eigenvalue weighted by Crippen LogP contribution is -2.28. The number of rotatable bonds is 5. The summed E-state index contributed by atoms with van der Waals surface area (Å²) in [7, 11) is 0. The number of nitrogens with one attached hydrogen (secondary N) is 1. The molecule has 0 radical (unpaired) electrons. The molecule has 0 fully saturated rings. The van der Waals surface area contributed by atoms with Crippen molar-refractivity contribution in [1.29, 1.82) is 5.26 Å². The van der Waals surface area contributed by atoms with E-state index in [-0.39, 0.29) is 16.6 Å². The zero-order valence-corrected chi connectivity index (χ0v) is 14.3. The van der Waals surface area contributed by atoms with E-state index >= 15 is 0 Å². The number of aliphatic hydroxyl groups excluding tert-OH is 1. The molecule has 7 nitrogen and oxygen atoms in total. The Bertz CT molecular complexity index is 917. The van der Waals surface area contributed by atoms with Crippen LogP contribution in [-0.4, -0.2) is 20.8 Å². The van der Waals surface area contributed by atoms with Crippen molar-refractivity contribution in [2.24, 2.45) is 0 Å². The molecule has 1 aromatic heterocycles. The Balaban J connectivity index is 2.17. The molecule has 9 heteroatoms. The molecule has 0 aliphatic rings. The minimum atomic E-state index is -0.767. The quantitative estimate of drug-likeness (QED) is 0.471. The molecule has 0 saturated carbocycles. The zero-order chi connectivity index (χ0) is 18.4. The summed E-state index contributed by atoms with van der Waals surface area (Å²) in [5.74, 6) is -1.38. The monoisotopic (exact) mass is 378 g/mol. The van der Waals surface area contributed by atoms with Gasteiger partial charge in [-0.1, -0.05) is 53.5 Å². The first kappa shape index (κ1) is 18.5. The van der Waals surface area contributed by atoms with Crippen LogP contribution >= 0.6 is 23.2 Å². The Morgan fingerprint density at radius 3 is 2.64 bits per heavy atom. The van der Waals surface area contributed by atoms with E-state index in [1.165, 1.54) is 0 Å². The smallest absolute Gasteiger partial charge is 0.287 e. The fourth-order valence-corrected chi connectivity index (χ4v) is 2.16. The average Bonchev–Trinajstić information content (AvgIpc) is 2.62. The van der Waals surface area contributed by atoms with Crippen LogP contribution in [0.4, 0.5) is 0 Å². The highest BCUT2D eigenvalue weighted by molar-refractivity contribution is 6.41. The number of carbonyl (C=O) groups is 1. The van der Waals surface area contributed by atoms with Gasteiger partial charge in [-0.25, -0.2) is 4.68 Å². The summed E-state index contributed by atoms with van der Waals surface area (Å²) < 4.78 is 0.797. The minimum absolute atomic E-state index is 0.0347. The number of allylic oxidation sites excluding steroid dienone is 1. The van der Waals surface area contributed by atoms with E-state index in [1.54, 1.807) is 18.2 Å². The molecule has 0 aliphatic carbocycles. The minimum Gasteiger partial charge on any atom is -0.509 e. The molecular weight excluding hydrogens is 367 g/mol. The average molecular weight is 379 g/mol. The summed E-state index contributed by atoms with van der Waals surface area (Å²) in [6, 6.07) is 10.7. The van der Waals surface area contributed by atoms with E-state index in [0.29, 0.717) is 0 Å². The van der Waals surface area contributed by atoms with Crippen molar-refractivity contribution in [3.63, 3.8) is 0 Å². The van der Waals surface area contributed by atoms with Gasteiger partial charge >= 0.3 is 0 Å². The van der Waals surface area contributed by atoms with Crippen molar-refractivity contribution < 1.29 is 9.90 Å². The molecule has 0 unspecified atom stereocenters. The van der Waals surface area contributed by atoms with Crippen LogP contribution in [0.15, 0.2) is 52.7 Å². The zero-order valence-electron chi connectivity index (χ0n) is 12.7. The van der Waals surface area contributed by atoms with Crippen LogP contribution in [0.3, 0.4) is 0 Å². The normalized spacial score (nSPS) is 11.4. The number of amides is 1. The summed E-state index contributed by atoms with van der Waals surface area (Å²) in [5.41, 5.74) is -0.437. The lowest BCUT2D eigenvalue weighted by atomic mass is 10.2. The molecule has 2 aromatic rings. The van der Waals surface area contributed by atoms with Crippen LogP contribution in [0.5, 0.6) is 0 Å². The highest BCUT2D eigenvalue weighted by atomic mass is 35.5. The fourth-order valence-electron chi connectivity index (χ4n) is 1.89. The van der Waals surface area contributed by atoms with Gasteiger partial charge in [-0.2, -0.15) is 10.4 Å². The van der Waals surface area contributed by atoms with Crippen molar-refractivity contribution in [3.05, 3.63) is 73.8 Å². The Morgan fingerprint density at radius 1 is 1.32 bits per heavy atom. The van der Waals surface area contributed by atoms with Gasteiger partial charge < -0.3 is 10.4 Å². The second-order valence-electron chi connectivity index (χ2n) is 4.87. The topological polar surface area (TPSA) is 108 Å². The second-order valence-corrected chi connectivity index (χ2v) is 5.66. The first-order chi connectivity index (χ1) is 11.9. The van der Waals surface area contributed by atoms with Crippen LogP contribution in [0, 0.1) is 11.3 Å². The SMILES string of the molecule is N#C/C(C(=O)NCc1ccccc1)=C(/O)Cn1ncc(Cl)c(Cl)c1=O. The molecule has 0 saturated heterocycles. The van der Waals surface area contributed by atoms with Gasteiger partial charge in [0.2, 0.25) is 0 Å². The van der Waals surface area contributed by atoms with E-state index in [1.807, 2.05) is 18.2 Å². The number of nitriles is 1. The van der Waals surface area contributed by atoms with Crippen molar-refractivity contribution in [3.8, 4) is 6.07 Å². The van der Waals surface area contributed by atoms with Crippen LogP contribution < -0.4 is 10.9 Å². The third-order valence-corrected chi connectivity index (χ3v) is 3.91. The summed E-state index contributed by atoms with van der Waals surface area (Å²) in [5, 5.41) is 25.1. The number of hydrogen-bond acceptors (Lipinski definition) is 5. The summed E-state index contributed by atoms with van der Waals surface area (Å²) in [6.45, 7) is -0.305. The number of aliphatic hydroxyl groups is 1. The molecule has 2 N–H and O–H groups in total. The molecule has 25 heavy (non-hydrogen) atoms. The first-order valence-corrected chi connectivity index (χ1v) is 7.75. The van der Waals surface area contributed by atoms with Crippen LogP contribution in [0.2, 0.25) is 10.0 Å². The molecule has 1 heterocycles. The maximum absolute atomic E-state index is 12.1. The van der Waals surface area contributed by atoms with E-state index < -0.39 is 29.3 Å². The Kier molecular flexibility index (Phi) is 6.17. The molecule has 0 bridgehead atoms. The number of hydrogen-bond donors (Lipinski definition) is 2. The lowest BCUT2D eigenvalue weighted by molar-refractivity contribution is -0.117. The van der Waals surface area contributed by atoms with Gasteiger partial charge in [0.05, 0.1) is 11.2 Å². The number of nitrogens with zero attached hydrogens (tertiary/aromatic N) is 3. The number of halogens is 2. The lowest BCUT2D eigenvalue weighted by Gasteiger charge is -2.08. The number of benzene rings is 1. The number of aromatic nitrogens is 2. The first-order valence-electron chi connectivity index (χ1n) is 6.99. The van der Waals surface area contributed by atoms with Crippen molar-refractivity contribution in [1.82, 2.24) is 15.1 Å². The van der Waals surface area contributed by atoms with Gasteiger partial charge in [0.25, 0.3) is 11.5 Å². The Hall–Kier alpha value is -2.82. The van der Waals surface area contributed by atoms with E-state index in [2.05, 4.69) is 10.4 Å². The van der Waals surface area contributed by atoms with Gasteiger partial charge in [0, 0.05) is 6.54 Å². The molecular formula is C16H12Cl2N4O3. The molecule has 2 rings (SSSR count). The van der Waals surface area contributed by atoms with Crippen LogP contribution in [0.25, 0.3) is 0 Å². The fraction of sp³-hybridized carbons (Fsp3) is 0.125.